The van der Waals surface area contributed by atoms with Gasteiger partial charge in [-0.2, -0.15) is 0 Å². The molecule has 2 aromatic rings. The van der Waals surface area contributed by atoms with Crippen LogP contribution in [0.5, 0.6) is 5.75 Å². The standard InChI is InChI=1S/C20H20N2O3/c1-13-19(23)21(2)17-12-15(9-10-18(17)25-13)20(24)22-11-5-7-14-6-3-4-8-16(14)22/h3-4,6,8-10,12-13H,5,7,11H2,1-2H3. The normalized spacial score (nSPS) is 19.1. The molecular formula is C20H20N2O3. The van der Waals surface area contributed by atoms with Crippen LogP contribution in [-0.2, 0) is 11.2 Å². The Morgan fingerprint density at radius 3 is 2.80 bits per heavy atom. The van der Waals surface area contributed by atoms with E-state index < -0.39 is 6.10 Å². The third kappa shape index (κ3) is 2.56. The van der Waals surface area contributed by atoms with Crippen molar-refractivity contribution in [1.82, 2.24) is 0 Å². The molecule has 0 spiro atoms. The van der Waals surface area contributed by atoms with Crippen molar-refractivity contribution in [3.63, 3.8) is 0 Å². The van der Waals surface area contributed by atoms with Crippen LogP contribution in [-0.4, -0.2) is 31.5 Å². The Kier molecular flexibility index (Phi) is 3.71. The number of aryl methyl sites for hydroxylation is 1. The van der Waals surface area contributed by atoms with E-state index in [-0.39, 0.29) is 11.8 Å². The molecule has 2 heterocycles. The predicted molar refractivity (Wildman–Crippen MR) is 96.4 cm³/mol. The minimum Gasteiger partial charge on any atom is -0.479 e. The van der Waals surface area contributed by atoms with E-state index in [2.05, 4.69) is 6.07 Å². The predicted octanol–water partition coefficient (Wildman–Crippen LogP) is 3.02. The van der Waals surface area contributed by atoms with E-state index in [1.165, 1.54) is 5.56 Å². The first-order chi connectivity index (χ1) is 12.1. The Morgan fingerprint density at radius 2 is 1.96 bits per heavy atom. The number of hydrogen-bond acceptors (Lipinski definition) is 3. The summed E-state index contributed by atoms with van der Waals surface area (Å²) in [5, 5.41) is 0. The molecule has 1 atom stereocenters. The van der Waals surface area contributed by atoms with Gasteiger partial charge in [-0.3, -0.25) is 9.59 Å². The fourth-order valence-electron chi connectivity index (χ4n) is 3.54. The number of anilines is 2. The van der Waals surface area contributed by atoms with Gasteiger partial charge in [-0.25, -0.2) is 0 Å². The highest BCUT2D eigenvalue weighted by molar-refractivity contribution is 6.08. The Labute approximate surface area is 146 Å². The average Bonchev–Trinajstić information content (AvgIpc) is 2.65. The number of rotatable bonds is 1. The van der Waals surface area contributed by atoms with E-state index in [9.17, 15) is 9.59 Å². The van der Waals surface area contributed by atoms with Gasteiger partial charge >= 0.3 is 0 Å². The maximum absolute atomic E-state index is 13.1. The van der Waals surface area contributed by atoms with E-state index in [1.54, 1.807) is 37.1 Å². The smallest absolute Gasteiger partial charge is 0.267 e. The second-order valence-electron chi connectivity index (χ2n) is 6.53. The number of para-hydroxylation sites is 1. The second-order valence-corrected chi connectivity index (χ2v) is 6.53. The van der Waals surface area contributed by atoms with Crippen LogP contribution < -0.4 is 14.5 Å². The molecule has 4 rings (SSSR count). The van der Waals surface area contributed by atoms with Gasteiger partial charge in [0.15, 0.2) is 6.10 Å². The van der Waals surface area contributed by atoms with Crippen LogP contribution in [0.2, 0.25) is 0 Å². The van der Waals surface area contributed by atoms with Gasteiger partial charge in [-0.05, 0) is 49.6 Å². The number of carbonyl (C=O) groups excluding carboxylic acids is 2. The first-order valence-corrected chi connectivity index (χ1v) is 8.54. The summed E-state index contributed by atoms with van der Waals surface area (Å²) in [7, 11) is 1.71. The number of ether oxygens (including phenoxy) is 1. The largest absolute Gasteiger partial charge is 0.479 e. The number of amides is 2. The van der Waals surface area contributed by atoms with Crippen molar-refractivity contribution in [3.05, 3.63) is 53.6 Å². The maximum Gasteiger partial charge on any atom is 0.267 e. The van der Waals surface area contributed by atoms with Gasteiger partial charge in [0, 0.05) is 24.8 Å². The van der Waals surface area contributed by atoms with Crippen molar-refractivity contribution in [2.24, 2.45) is 0 Å². The fourth-order valence-corrected chi connectivity index (χ4v) is 3.54. The lowest BCUT2D eigenvalue weighted by atomic mass is 10.0. The number of likely N-dealkylation sites (N-methyl/N-ethyl adjacent to an activating group) is 1. The molecule has 2 aliphatic heterocycles. The third-order valence-corrected chi connectivity index (χ3v) is 4.90. The van der Waals surface area contributed by atoms with Crippen LogP contribution in [0.4, 0.5) is 11.4 Å². The molecule has 0 bridgehead atoms. The summed E-state index contributed by atoms with van der Waals surface area (Å²) in [5.74, 6) is 0.472. The summed E-state index contributed by atoms with van der Waals surface area (Å²) in [5.41, 5.74) is 3.38. The number of nitrogens with zero attached hydrogens (tertiary/aromatic N) is 2. The van der Waals surface area contributed by atoms with Crippen LogP contribution >= 0.6 is 0 Å². The van der Waals surface area contributed by atoms with Crippen molar-refractivity contribution in [1.29, 1.82) is 0 Å². The highest BCUT2D eigenvalue weighted by Crippen LogP contribution is 2.35. The molecule has 1 unspecified atom stereocenters. The zero-order chi connectivity index (χ0) is 17.6. The molecule has 0 aliphatic carbocycles. The first kappa shape index (κ1) is 15.7. The quantitative estimate of drug-likeness (QED) is 0.804. The number of carbonyl (C=O) groups is 2. The molecule has 5 heteroatoms. The summed E-state index contributed by atoms with van der Waals surface area (Å²) >= 11 is 0. The van der Waals surface area contributed by atoms with Crippen molar-refractivity contribution >= 4 is 23.2 Å². The van der Waals surface area contributed by atoms with Crippen molar-refractivity contribution < 1.29 is 14.3 Å². The Balaban J connectivity index is 1.70. The number of fused-ring (bicyclic) bond motifs is 2. The monoisotopic (exact) mass is 336 g/mol. The lowest BCUT2D eigenvalue weighted by molar-refractivity contribution is -0.125. The molecule has 2 aliphatic rings. The average molecular weight is 336 g/mol. The highest BCUT2D eigenvalue weighted by atomic mass is 16.5. The third-order valence-electron chi connectivity index (χ3n) is 4.90. The first-order valence-electron chi connectivity index (χ1n) is 8.54. The maximum atomic E-state index is 13.1. The van der Waals surface area contributed by atoms with E-state index in [4.69, 9.17) is 4.74 Å². The minimum absolute atomic E-state index is 0.0468. The van der Waals surface area contributed by atoms with Crippen molar-refractivity contribution in [2.75, 3.05) is 23.4 Å². The van der Waals surface area contributed by atoms with E-state index in [1.807, 2.05) is 23.1 Å². The minimum atomic E-state index is -0.506. The summed E-state index contributed by atoms with van der Waals surface area (Å²) < 4.78 is 5.63. The Bertz CT molecular complexity index is 862. The summed E-state index contributed by atoms with van der Waals surface area (Å²) in [6.45, 7) is 2.43. The molecule has 0 fully saturated rings. The van der Waals surface area contributed by atoms with Crippen LogP contribution in [0.15, 0.2) is 42.5 Å². The van der Waals surface area contributed by atoms with Gasteiger partial charge in [-0.15, -0.1) is 0 Å². The van der Waals surface area contributed by atoms with Crippen LogP contribution in [0.3, 0.4) is 0 Å². The SMILES string of the molecule is CC1Oc2ccc(C(=O)N3CCCc4ccccc43)cc2N(C)C1=O. The molecule has 128 valence electrons. The van der Waals surface area contributed by atoms with Gasteiger partial charge in [-0.1, -0.05) is 18.2 Å². The summed E-state index contributed by atoms with van der Waals surface area (Å²) in [4.78, 5) is 28.6. The second kappa shape index (κ2) is 5.92. The van der Waals surface area contributed by atoms with Gasteiger partial charge in [0.25, 0.3) is 11.8 Å². The molecule has 2 amide bonds. The number of benzene rings is 2. The van der Waals surface area contributed by atoms with Gasteiger partial charge in [0.05, 0.1) is 5.69 Å². The topological polar surface area (TPSA) is 49.9 Å². The van der Waals surface area contributed by atoms with Gasteiger partial charge in [0.2, 0.25) is 0 Å². The lowest BCUT2D eigenvalue weighted by Crippen LogP contribution is -2.42. The molecule has 0 saturated heterocycles. The molecule has 5 nitrogen and oxygen atoms in total. The van der Waals surface area contributed by atoms with Crippen molar-refractivity contribution in [2.45, 2.75) is 25.9 Å². The molecule has 0 N–H and O–H groups in total. The fraction of sp³-hybridized carbons (Fsp3) is 0.300. The van der Waals surface area contributed by atoms with Crippen LogP contribution in [0, 0.1) is 0 Å². The van der Waals surface area contributed by atoms with E-state index in [0.29, 0.717) is 23.5 Å². The number of hydrogen-bond donors (Lipinski definition) is 0. The van der Waals surface area contributed by atoms with Crippen LogP contribution in [0.25, 0.3) is 0 Å². The van der Waals surface area contributed by atoms with Gasteiger partial charge < -0.3 is 14.5 Å². The molecule has 25 heavy (non-hydrogen) atoms. The van der Waals surface area contributed by atoms with E-state index >= 15 is 0 Å². The Hall–Kier alpha value is -2.82. The zero-order valence-corrected chi connectivity index (χ0v) is 14.4. The molecule has 0 radical (unpaired) electrons. The van der Waals surface area contributed by atoms with Crippen molar-refractivity contribution in [3.8, 4) is 5.75 Å². The molecular weight excluding hydrogens is 316 g/mol. The zero-order valence-electron chi connectivity index (χ0n) is 14.4. The summed E-state index contributed by atoms with van der Waals surface area (Å²) in [6.07, 6.45) is 1.44. The Morgan fingerprint density at radius 1 is 1.16 bits per heavy atom. The highest BCUT2D eigenvalue weighted by Gasteiger charge is 2.30. The molecule has 0 saturated carbocycles. The molecule has 2 aromatic carbocycles. The lowest BCUT2D eigenvalue weighted by Gasteiger charge is -2.32. The van der Waals surface area contributed by atoms with Crippen LogP contribution in [0.1, 0.15) is 29.3 Å². The molecule has 0 aromatic heterocycles. The summed E-state index contributed by atoms with van der Waals surface area (Å²) in [6, 6.07) is 13.3. The van der Waals surface area contributed by atoms with Gasteiger partial charge in [0.1, 0.15) is 5.75 Å². The van der Waals surface area contributed by atoms with E-state index in [0.717, 1.165) is 18.5 Å².